The average Bonchev–Trinajstić information content (AvgIpc) is 2.82. The van der Waals surface area contributed by atoms with Crippen LogP contribution in [0.15, 0.2) is 36.9 Å². The van der Waals surface area contributed by atoms with Crippen molar-refractivity contribution in [1.82, 2.24) is 0 Å². The van der Waals surface area contributed by atoms with Crippen molar-refractivity contribution in [3.05, 3.63) is 59.7 Å². The third-order valence-corrected chi connectivity index (χ3v) is 8.61. The number of allylic oxidation sites excluding steroid dienone is 1. The topological polar surface area (TPSA) is 0 Å². The largest absolute Gasteiger partial charge is 0.206 e. The van der Waals surface area contributed by atoms with Crippen molar-refractivity contribution in [2.45, 2.75) is 103 Å². The van der Waals surface area contributed by atoms with E-state index in [0.717, 1.165) is 54.6 Å². The van der Waals surface area contributed by atoms with Crippen LogP contribution in [0.5, 0.6) is 0 Å². The zero-order valence-electron chi connectivity index (χ0n) is 20.6. The van der Waals surface area contributed by atoms with E-state index in [-0.39, 0.29) is 17.1 Å². The Morgan fingerprint density at radius 2 is 1.73 bits per heavy atom. The van der Waals surface area contributed by atoms with Gasteiger partial charge < -0.3 is 0 Å². The molecule has 2 aromatic carbocycles. The van der Waals surface area contributed by atoms with Gasteiger partial charge in [0.1, 0.15) is 11.6 Å². The lowest BCUT2D eigenvalue weighted by Crippen LogP contribution is -2.30. The van der Waals surface area contributed by atoms with Crippen molar-refractivity contribution in [2.75, 3.05) is 0 Å². The SMILES string of the molecule is C=CCCc1cc(F)c2c(F)c([C@@H]3CC[C@@H]4CC(CCCCCCC)CCC4C3)ccc2c1. The molecule has 180 valence electrons. The molecule has 0 nitrogen and oxygen atoms in total. The molecule has 2 aromatic rings. The van der Waals surface area contributed by atoms with E-state index in [0.29, 0.717) is 5.39 Å². The van der Waals surface area contributed by atoms with Crippen LogP contribution in [0, 0.1) is 29.4 Å². The van der Waals surface area contributed by atoms with Crippen LogP contribution in [0.4, 0.5) is 8.78 Å². The van der Waals surface area contributed by atoms with Crippen molar-refractivity contribution in [3.8, 4) is 0 Å². The molecule has 2 fully saturated rings. The number of aryl methyl sites for hydroxylation is 1. The number of fused-ring (bicyclic) bond motifs is 2. The average molecular weight is 453 g/mol. The molecule has 2 saturated carbocycles. The van der Waals surface area contributed by atoms with Gasteiger partial charge in [-0.3, -0.25) is 0 Å². The molecule has 0 amide bonds. The third kappa shape index (κ3) is 5.87. The van der Waals surface area contributed by atoms with Crippen molar-refractivity contribution in [2.24, 2.45) is 17.8 Å². The Labute approximate surface area is 199 Å². The lowest BCUT2D eigenvalue weighted by Gasteiger charge is -2.42. The molecule has 2 aliphatic carbocycles. The molecule has 2 unspecified atom stereocenters. The van der Waals surface area contributed by atoms with Crippen LogP contribution >= 0.6 is 0 Å². The minimum atomic E-state index is -0.418. The zero-order chi connectivity index (χ0) is 23.2. The van der Waals surface area contributed by atoms with Gasteiger partial charge in [-0.15, -0.1) is 6.58 Å². The second kappa shape index (κ2) is 11.6. The van der Waals surface area contributed by atoms with Crippen LogP contribution in [0.3, 0.4) is 0 Å². The monoisotopic (exact) mass is 452 g/mol. The van der Waals surface area contributed by atoms with Gasteiger partial charge in [0, 0.05) is 0 Å². The Hall–Kier alpha value is -1.70. The van der Waals surface area contributed by atoms with Crippen LogP contribution in [0.2, 0.25) is 0 Å². The summed E-state index contributed by atoms with van der Waals surface area (Å²) in [6, 6.07) is 7.34. The fourth-order valence-corrected chi connectivity index (χ4v) is 6.74. The van der Waals surface area contributed by atoms with E-state index in [2.05, 4.69) is 13.5 Å². The highest BCUT2D eigenvalue weighted by Crippen LogP contribution is 2.49. The quantitative estimate of drug-likeness (QED) is 0.248. The molecule has 4 rings (SSSR count). The molecule has 0 saturated heterocycles. The highest BCUT2D eigenvalue weighted by atomic mass is 19.1. The smallest absolute Gasteiger partial charge is 0.137 e. The predicted molar refractivity (Wildman–Crippen MR) is 137 cm³/mol. The van der Waals surface area contributed by atoms with Gasteiger partial charge in [-0.2, -0.15) is 0 Å². The van der Waals surface area contributed by atoms with Crippen molar-refractivity contribution in [1.29, 1.82) is 0 Å². The molecule has 0 heterocycles. The van der Waals surface area contributed by atoms with Crippen LogP contribution in [-0.2, 0) is 6.42 Å². The summed E-state index contributed by atoms with van der Waals surface area (Å²) in [6.45, 7) is 6.02. The zero-order valence-corrected chi connectivity index (χ0v) is 20.6. The number of hydrogen-bond donors (Lipinski definition) is 0. The molecule has 0 N–H and O–H groups in total. The van der Waals surface area contributed by atoms with E-state index >= 15 is 4.39 Å². The standard InChI is InChI=1S/C31H42F2/c1-3-5-7-8-9-11-22-12-13-25-21-26(15-14-24(25)18-22)28-17-16-27-19-23(10-6-4-2)20-29(32)30(27)31(28)33/h4,16-17,19-20,22,24-26H,2-3,5-15,18,21H2,1H3/t22?,24-,25?,26-/m1/s1. The number of rotatable bonds is 10. The third-order valence-electron chi connectivity index (χ3n) is 8.61. The highest BCUT2D eigenvalue weighted by Gasteiger charge is 2.36. The van der Waals surface area contributed by atoms with Gasteiger partial charge in [0.2, 0.25) is 0 Å². The predicted octanol–water partition coefficient (Wildman–Crippen LogP) is 9.90. The van der Waals surface area contributed by atoms with E-state index in [9.17, 15) is 4.39 Å². The van der Waals surface area contributed by atoms with E-state index in [1.165, 1.54) is 70.3 Å². The summed E-state index contributed by atoms with van der Waals surface area (Å²) < 4.78 is 30.5. The lowest BCUT2D eigenvalue weighted by atomic mass is 9.63. The van der Waals surface area contributed by atoms with Crippen LogP contribution < -0.4 is 0 Å². The Balaban J connectivity index is 1.39. The summed E-state index contributed by atoms with van der Waals surface area (Å²) in [4.78, 5) is 0. The molecular weight excluding hydrogens is 410 g/mol. The first kappa shape index (κ1) is 24.4. The minimum Gasteiger partial charge on any atom is -0.206 e. The van der Waals surface area contributed by atoms with Crippen molar-refractivity contribution < 1.29 is 8.78 Å². The van der Waals surface area contributed by atoms with Crippen LogP contribution in [-0.4, -0.2) is 0 Å². The molecule has 0 aromatic heterocycles. The summed E-state index contributed by atoms with van der Waals surface area (Å²) in [5.41, 5.74) is 1.66. The highest BCUT2D eigenvalue weighted by molar-refractivity contribution is 5.85. The van der Waals surface area contributed by atoms with E-state index in [1.807, 2.05) is 24.3 Å². The maximum absolute atomic E-state index is 15.6. The maximum atomic E-state index is 15.6. The van der Waals surface area contributed by atoms with Gasteiger partial charge in [-0.1, -0.05) is 76.1 Å². The second-order valence-electron chi connectivity index (χ2n) is 10.9. The van der Waals surface area contributed by atoms with Crippen molar-refractivity contribution >= 4 is 10.8 Å². The number of halogens is 2. The van der Waals surface area contributed by atoms with Gasteiger partial charge in [-0.25, -0.2) is 8.78 Å². The van der Waals surface area contributed by atoms with Crippen LogP contribution in [0.1, 0.15) is 107 Å². The van der Waals surface area contributed by atoms with Gasteiger partial charge in [-0.05, 0) is 91.2 Å². The maximum Gasteiger partial charge on any atom is 0.137 e. The molecule has 2 heteroatoms. The fourth-order valence-electron chi connectivity index (χ4n) is 6.74. The number of unbranched alkanes of at least 4 members (excludes halogenated alkanes) is 4. The molecule has 0 aliphatic heterocycles. The summed E-state index contributed by atoms with van der Waals surface area (Å²) >= 11 is 0. The lowest BCUT2D eigenvalue weighted by molar-refractivity contribution is 0.112. The number of benzene rings is 2. The van der Waals surface area contributed by atoms with Gasteiger partial charge >= 0.3 is 0 Å². The Morgan fingerprint density at radius 3 is 2.55 bits per heavy atom. The molecule has 4 atom stereocenters. The Morgan fingerprint density at radius 1 is 0.939 bits per heavy atom. The second-order valence-corrected chi connectivity index (χ2v) is 10.9. The molecule has 0 spiro atoms. The summed E-state index contributed by atoms with van der Waals surface area (Å²) in [5, 5.41) is 0.868. The van der Waals surface area contributed by atoms with E-state index in [4.69, 9.17) is 0 Å². The summed E-state index contributed by atoms with van der Waals surface area (Å²) in [5.74, 6) is 1.96. The summed E-state index contributed by atoms with van der Waals surface area (Å²) in [7, 11) is 0. The van der Waals surface area contributed by atoms with Gasteiger partial charge in [0.15, 0.2) is 0 Å². The van der Waals surface area contributed by atoms with E-state index in [1.54, 1.807) is 0 Å². The first-order valence-corrected chi connectivity index (χ1v) is 13.6. The molecule has 0 radical (unpaired) electrons. The molecule has 33 heavy (non-hydrogen) atoms. The number of hydrogen-bond acceptors (Lipinski definition) is 0. The van der Waals surface area contributed by atoms with E-state index < -0.39 is 5.82 Å². The minimum absolute atomic E-state index is 0.184. The fraction of sp³-hybridized carbons (Fsp3) is 0.613. The first-order chi connectivity index (χ1) is 16.1. The first-order valence-electron chi connectivity index (χ1n) is 13.6. The van der Waals surface area contributed by atoms with Crippen LogP contribution in [0.25, 0.3) is 10.8 Å². The Kier molecular flexibility index (Phi) is 8.61. The summed E-state index contributed by atoms with van der Waals surface area (Å²) in [6.07, 6.45) is 19.0. The Bertz CT molecular complexity index is 930. The molecule has 2 aliphatic rings. The molecule has 0 bridgehead atoms. The molecular formula is C31H42F2. The van der Waals surface area contributed by atoms with Gasteiger partial charge in [0.25, 0.3) is 0 Å². The normalized spacial score (nSPS) is 25.2. The van der Waals surface area contributed by atoms with Crippen molar-refractivity contribution in [3.63, 3.8) is 0 Å². The van der Waals surface area contributed by atoms with Gasteiger partial charge in [0.05, 0.1) is 5.39 Å².